The SMILES string of the molecule is CC(=O)Nc1cc(NC(=O)NO)ccc1C. The van der Waals surface area contributed by atoms with Crippen LogP contribution in [0, 0.1) is 6.92 Å². The third-order valence-electron chi connectivity index (χ3n) is 1.91. The van der Waals surface area contributed by atoms with Crippen LogP contribution in [0.1, 0.15) is 12.5 Å². The molecule has 1 rings (SSSR count). The molecule has 6 heteroatoms. The second kappa shape index (κ2) is 5.13. The third-order valence-corrected chi connectivity index (χ3v) is 1.91. The average molecular weight is 223 g/mol. The smallest absolute Gasteiger partial charge is 0.326 e. The Morgan fingerprint density at radius 2 is 1.94 bits per heavy atom. The lowest BCUT2D eigenvalue weighted by atomic mass is 10.2. The van der Waals surface area contributed by atoms with Gasteiger partial charge in [0.05, 0.1) is 0 Å². The summed E-state index contributed by atoms with van der Waals surface area (Å²) < 4.78 is 0. The number of hydrogen-bond donors (Lipinski definition) is 4. The number of urea groups is 1. The van der Waals surface area contributed by atoms with Crippen LogP contribution in [0.25, 0.3) is 0 Å². The van der Waals surface area contributed by atoms with Crippen LogP contribution in [0.15, 0.2) is 18.2 Å². The number of aryl methyl sites for hydroxylation is 1. The van der Waals surface area contributed by atoms with Crippen molar-refractivity contribution in [3.05, 3.63) is 23.8 Å². The molecule has 6 nitrogen and oxygen atoms in total. The summed E-state index contributed by atoms with van der Waals surface area (Å²) in [5.74, 6) is -0.188. The molecule has 0 fully saturated rings. The molecule has 3 amide bonds. The Morgan fingerprint density at radius 3 is 2.50 bits per heavy atom. The molecule has 0 aromatic heterocycles. The van der Waals surface area contributed by atoms with Crippen LogP contribution >= 0.6 is 0 Å². The van der Waals surface area contributed by atoms with Crippen LogP contribution in [0.2, 0.25) is 0 Å². The van der Waals surface area contributed by atoms with Gasteiger partial charge in [0.25, 0.3) is 0 Å². The zero-order valence-electron chi connectivity index (χ0n) is 9.00. The largest absolute Gasteiger partial charge is 0.342 e. The Kier molecular flexibility index (Phi) is 3.84. The highest BCUT2D eigenvalue weighted by Crippen LogP contribution is 2.20. The van der Waals surface area contributed by atoms with Gasteiger partial charge in [-0.3, -0.25) is 10.0 Å². The van der Waals surface area contributed by atoms with E-state index in [0.717, 1.165) is 5.56 Å². The first-order valence-electron chi connectivity index (χ1n) is 4.62. The summed E-state index contributed by atoms with van der Waals surface area (Å²) in [6.07, 6.45) is 0. The van der Waals surface area contributed by atoms with Gasteiger partial charge in [-0.25, -0.2) is 10.3 Å². The van der Waals surface area contributed by atoms with E-state index in [4.69, 9.17) is 5.21 Å². The molecule has 0 aliphatic rings. The summed E-state index contributed by atoms with van der Waals surface area (Å²) in [5.41, 5.74) is 3.42. The molecule has 1 aromatic rings. The fraction of sp³-hybridized carbons (Fsp3) is 0.200. The lowest BCUT2D eigenvalue weighted by Gasteiger charge is -2.09. The highest BCUT2D eigenvalue weighted by atomic mass is 16.5. The first-order chi connectivity index (χ1) is 7.52. The van der Waals surface area contributed by atoms with E-state index < -0.39 is 6.03 Å². The Labute approximate surface area is 92.6 Å². The van der Waals surface area contributed by atoms with E-state index in [1.54, 1.807) is 18.2 Å². The number of amides is 3. The van der Waals surface area contributed by atoms with Gasteiger partial charge in [-0.1, -0.05) is 6.07 Å². The van der Waals surface area contributed by atoms with E-state index >= 15 is 0 Å². The minimum Gasteiger partial charge on any atom is -0.326 e. The maximum atomic E-state index is 10.9. The summed E-state index contributed by atoms with van der Waals surface area (Å²) in [7, 11) is 0. The van der Waals surface area contributed by atoms with Crippen molar-refractivity contribution < 1.29 is 14.8 Å². The van der Waals surface area contributed by atoms with Crippen molar-refractivity contribution >= 4 is 23.3 Å². The minimum atomic E-state index is -0.738. The number of anilines is 2. The van der Waals surface area contributed by atoms with Crippen molar-refractivity contribution in [3.8, 4) is 0 Å². The lowest BCUT2D eigenvalue weighted by Crippen LogP contribution is -2.25. The summed E-state index contributed by atoms with van der Waals surface area (Å²) in [6.45, 7) is 3.24. The topological polar surface area (TPSA) is 90.5 Å². The van der Waals surface area contributed by atoms with Gasteiger partial charge in [0, 0.05) is 18.3 Å². The fourth-order valence-electron chi connectivity index (χ4n) is 1.18. The zero-order chi connectivity index (χ0) is 12.1. The van der Waals surface area contributed by atoms with Gasteiger partial charge in [-0.15, -0.1) is 0 Å². The van der Waals surface area contributed by atoms with Crippen molar-refractivity contribution in [1.29, 1.82) is 0 Å². The van der Waals surface area contributed by atoms with Crippen molar-refractivity contribution in [1.82, 2.24) is 5.48 Å². The summed E-state index contributed by atoms with van der Waals surface area (Å²) in [4.78, 5) is 21.7. The monoisotopic (exact) mass is 223 g/mol. The first kappa shape index (κ1) is 12.0. The van der Waals surface area contributed by atoms with Crippen LogP contribution in [0.5, 0.6) is 0 Å². The molecule has 0 aliphatic carbocycles. The fourth-order valence-corrected chi connectivity index (χ4v) is 1.18. The van der Waals surface area contributed by atoms with Crippen LogP contribution in [-0.4, -0.2) is 17.1 Å². The third kappa shape index (κ3) is 3.25. The highest BCUT2D eigenvalue weighted by Gasteiger charge is 2.04. The number of carbonyl (C=O) groups excluding carboxylic acids is 2. The van der Waals surface area contributed by atoms with Gasteiger partial charge in [0.1, 0.15) is 0 Å². The number of carbonyl (C=O) groups is 2. The van der Waals surface area contributed by atoms with E-state index in [2.05, 4.69) is 10.6 Å². The van der Waals surface area contributed by atoms with Crippen molar-refractivity contribution in [2.24, 2.45) is 0 Å². The van der Waals surface area contributed by atoms with Crippen molar-refractivity contribution in [3.63, 3.8) is 0 Å². The lowest BCUT2D eigenvalue weighted by molar-refractivity contribution is -0.114. The van der Waals surface area contributed by atoms with Crippen LogP contribution in [0.3, 0.4) is 0 Å². The molecular weight excluding hydrogens is 210 g/mol. The molecule has 4 N–H and O–H groups in total. The first-order valence-corrected chi connectivity index (χ1v) is 4.62. The Morgan fingerprint density at radius 1 is 1.25 bits per heavy atom. The molecule has 0 bridgehead atoms. The van der Waals surface area contributed by atoms with Gasteiger partial charge in [0.15, 0.2) is 0 Å². The number of benzene rings is 1. The molecule has 86 valence electrons. The predicted octanol–water partition coefficient (Wildman–Crippen LogP) is 1.46. The second-order valence-electron chi connectivity index (χ2n) is 3.28. The van der Waals surface area contributed by atoms with Gasteiger partial charge in [-0.05, 0) is 24.6 Å². The van der Waals surface area contributed by atoms with E-state index in [0.29, 0.717) is 11.4 Å². The molecule has 1 aromatic carbocycles. The highest BCUT2D eigenvalue weighted by molar-refractivity contribution is 5.92. The van der Waals surface area contributed by atoms with E-state index in [1.165, 1.54) is 12.4 Å². The molecule has 16 heavy (non-hydrogen) atoms. The number of nitrogens with one attached hydrogen (secondary N) is 3. The predicted molar refractivity (Wildman–Crippen MR) is 59.4 cm³/mol. The maximum Gasteiger partial charge on any atom is 0.342 e. The summed E-state index contributed by atoms with van der Waals surface area (Å²) in [5, 5.41) is 13.3. The second-order valence-corrected chi connectivity index (χ2v) is 3.28. The van der Waals surface area contributed by atoms with Crippen molar-refractivity contribution in [2.75, 3.05) is 10.6 Å². The standard InChI is InChI=1S/C10H13N3O3/c1-6-3-4-8(12-10(15)13-16)5-9(6)11-7(2)14/h3-5,16H,1-2H3,(H,11,14)(H2,12,13,15). The number of hydroxylamine groups is 1. The maximum absolute atomic E-state index is 10.9. The zero-order valence-corrected chi connectivity index (χ0v) is 9.00. The average Bonchev–Trinajstić information content (AvgIpc) is 2.22. The van der Waals surface area contributed by atoms with Crippen LogP contribution < -0.4 is 16.1 Å². The molecule has 0 atom stereocenters. The van der Waals surface area contributed by atoms with E-state index in [-0.39, 0.29) is 5.91 Å². The van der Waals surface area contributed by atoms with Gasteiger partial charge < -0.3 is 10.6 Å². The van der Waals surface area contributed by atoms with E-state index in [1.807, 2.05) is 6.92 Å². The quantitative estimate of drug-likeness (QED) is 0.452. The Bertz CT molecular complexity index is 418. The molecule has 0 radical (unpaired) electrons. The van der Waals surface area contributed by atoms with Gasteiger partial charge in [0.2, 0.25) is 5.91 Å². The molecule has 0 saturated heterocycles. The van der Waals surface area contributed by atoms with Crippen LogP contribution in [-0.2, 0) is 4.79 Å². The van der Waals surface area contributed by atoms with Crippen molar-refractivity contribution in [2.45, 2.75) is 13.8 Å². The molecule has 0 aliphatic heterocycles. The van der Waals surface area contributed by atoms with E-state index in [9.17, 15) is 9.59 Å². The normalized spacial score (nSPS) is 9.44. The number of rotatable bonds is 2. The van der Waals surface area contributed by atoms with Gasteiger partial charge >= 0.3 is 6.03 Å². The molecule has 0 heterocycles. The van der Waals surface area contributed by atoms with Crippen LogP contribution in [0.4, 0.5) is 16.2 Å². The molecule has 0 spiro atoms. The number of hydrogen-bond acceptors (Lipinski definition) is 3. The molecular formula is C10H13N3O3. The Hall–Kier alpha value is -2.08. The Balaban J connectivity index is 2.88. The summed E-state index contributed by atoms with van der Waals surface area (Å²) in [6, 6.07) is 4.28. The van der Waals surface area contributed by atoms with Gasteiger partial charge in [-0.2, -0.15) is 0 Å². The molecule has 0 saturated carbocycles. The minimum absolute atomic E-state index is 0.188. The molecule has 0 unspecified atom stereocenters. The summed E-state index contributed by atoms with van der Waals surface area (Å²) >= 11 is 0.